The summed E-state index contributed by atoms with van der Waals surface area (Å²) >= 11 is 0. The summed E-state index contributed by atoms with van der Waals surface area (Å²) in [6.07, 6.45) is 0. The predicted octanol–water partition coefficient (Wildman–Crippen LogP) is 17.2. The van der Waals surface area contributed by atoms with Crippen LogP contribution in [-0.2, 0) is 0 Å². The van der Waals surface area contributed by atoms with Crippen LogP contribution < -0.4 is 4.90 Å². The number of rotatable bonds is 7. The Hall–Kier alpha value is -8.20. The van der Waals surface area contributed by atoms with Gasteiger partial charge in [0.05, 0.1) is 5.69 Å². The molecule has 11 aromatic carbocycles. The number of hydrogen-bond donors (Lipinski definition) is 0. The van der Waals surface area contributed by atoms with Gasteiger partial charge >= 0.3 is 0 Å². The van der Waals surface area contributed by atoms with E-state index >= 15 is 0 Å². The third-order valence-electron chi connectivity index (χ3n) is 12.4. The molecule has 2 nitrogen and oxygen atoms in total. The molecule has 62 heavy (non-hydrogen) atoms. The largest absolute Gasteiger partial charge is 0.456 e. The molecule has 0 N–H and O–H groups in total. The van der Waals surface area contributed by atoms with Crippen LogP contribution in [0, 0.1) is 0 Å². The number of benzene rings is 11. The minimum absolute atomic E-state index is 0.893. The van der Waals surface area contributed by atoms with Gasteiger partial charge in [0.2, 0.25) is 0 Å². The first-order valence-electron chi connectivity index (χ1n) is 21.2. The van der Waals surface area contributed by atoms with E-state index in [9.17, 15) is 0 Å². The van der Waals surface area contributed by atoms with Crippen molar-refractivity contribution in [3.8, 4) is 44.5 Å². The second-order valence-corrected chi connectivity index (χ2v) is 16.0. The molecule has 290 valence electrons. The third-order valence-corrected chi connectivity index (χ3v) is 12.4. The molecular formula is C60H39NO. The molecule has 0 radical (unpaired) electrons. The van der Waals surface area contributed by atoms with Crippen molar-refractivity contribution in [1.82, 2.24) is 0 Å². The molecule has 0 aliphatic heterocycles. The van der Waals surface area contributed by atoms with Gasteiger partial charge in [-0.05, 0) is 120 Å². The number of nitrogens with zero attached hydrogens (tertiary/aromatic N) is 1. The van der Waals surface area contributed by atoms with Crippen molar-refractivity contribution in [2.45, 2.75) is 0 Å². The van der Waals surface area contributed by atoms with E-state index in [4.69, 9.17) is 4.42 Å². The van der Waals surface area contributed by atoms with Crippen molar-refractivity contribution in [2.75, 3.05) is 4.90 Å². The lowest BCUT2D eigenvalue weighted by molar-refractivity contribution is 0.669. The molecule has 1 heterocycles. The molecule has 0 aliphatic carbocycles. The lowest BCUT2D eigenvalue weighted by Gasteiger charge is -2.29. The Kier molecular flexibility index (Phi) is 8.53. The van der Waals surface area contributed by atoms with Crippen LogP contribution >= 0.6 is 0 Å². The first-order chi connectivity index (χ1) is 30.7. The van der Waals surface area contributed by atoms with Gasteiger partial charge in [-0.2, -0.15) is 0 Å². The summed E-state index contributed by atoms with van der Waals surface area (Å²) in [6, 6.07) is 85.7. The van der Waals surface area contributed by atoms with E-state index < -0.39 is 0 Å². The second-order valence-electron chi connectivity index (χ2n) is 16.0. The van der Waals surface area contributed by atoms with Crippen LogP contribution in [-0.4, -0.2) is 0 Å². The van der Waals surface area contributed by atoms with Crippen molar-refractivity contribution < 1.29 is 4.42 Å². The SMILES string of the molecule is c1ccc(-c2cccc3cccc(-c4ccccc4N(c4cccc(-c5ccc6oc7ccccc7c6c5)c4)c4cccc(-c5cccc6c5ccc5ccccc56)c4)c23)cc1. The Bertz CT molecular complexity index is 3650. The molecule has 12 rings (SSSR count). The van der Waals surface area contributed by atoms with E-state index in [2.05, 4.69) is 229 Å². The molecule has 12 aromatic rings. The van der Waals surface area contributed by atoms with E-state index in [1.807, 2.05) is 12.1 Å². The molecule has 0 unspecified atom stereocenters. The molecule has 0 atom stereocenters. The maximum atomic E-state index is 6.23. The number of hydrogen-bond acceptors (Lipinski definition) is 2. The van der Waals surface area contributed by atoms with Crippen LogP contribution in [0.25, 0.3) is 98.8 Å². The number of para-hydroxylation sites is 2. The molecule has 0 saturated heterocycles. The monoisotopic (exact) mass is 789 g/mol. The highest BCUT2D eigenvalue weighted by atomic mass is 16.3. The summed E-state index contributed by atoms with van der Waals surface area (Å²) < 4.78 is 6.23. The van der Waals surface area contributed by atoms with E-state index in [1.165, 1.54) is 54.6 Å². The summed E-state index contributed by atoms with van der Waals surface area (Å²) in [5, 5.41) is 9.70. The van der Waals surface area contributed by atoms with Gasteiger partial charge in [0.25, 0.3) is 0 Å². The first kappa shape index (κ1) is 35.7. The van der Waals surface area contributed by atoms with Crippen LogP contribution in [0.4, 0.5) is 17.1 Å². The highest BCUT2D eigenvalue weighted by molar-refractivity contribution is 6.13. The van der Waals surface area contributed by atoms with Gasteiger partial charge < -0.3 is 9.32 Å². The minimum atomic E-state index is 0.893. The second kappa shape index (κ2) is 14.8. The smallest absolute Gasteiger partial charge is 0.135 e. The van der Waals surface area contributed by atoms with Gasteiger partial charge in [-0.15, -0.1) is 0 Å². The maximum absolute atomic E-state index is 6.23. The van der Waals surface area contributed by atoms with Crippen LogP contribution in [0.1, 0.15) is 0 Å². The quantitative estimate of drug-likeness (QED) is 0.150. The van der Waals surface area contributed by atoms with Gasteiger partial charge in [-0.1, -0.05) is 188 Å². The Balaban J connectivity index is 1.08. The highest BCUT2D eigenvalue weighted by Crippen LogP contribution is 2.46. The average Bonchev–Trinajstić information content (AvgIpc) is 3.72. The zero-order valence-electron chi connectivity index (χ0n) is 33.9. The molecule has 0 bridgehead atoms. The van der Waals surface area contributed by atoms with Crippen molar-refractivity contribution in [1.29, 1.82) is 0 Å². The van der Waals surface area contributed by atoms with Crippen molar-refractivity contribution in [3.63, 3.8) is 0 Å². The topological polar surface area (TPSA) is 16.4 Å². The van der Waals surface area contributed by atoms with Crippen LogP contribution in [0.2, 0.25) is 0 Å². The van der Waals surface area contributed by atoms with E-state index in [0.29, 0.717) is 0 Å². The standard InChI is InChI=1S/C60H39NO/c1-2-15-40(16-3-1)50-28-12-18-42-19-13-30-55(60(42)50)53-25-6-8-31-57(53)61(46-22-10-20-43(37-46)44-34-36-59-56(39-44)54-26-7-9-32-58(54)62-59)47-23-11-21-45(38-47)49-27-14-29-51-48-24-5-4-17-41(48)33-35-52(49)51/h1-39H. The predicted molar refractivity (Wildman–Crippen MR) is 263 cm³/mol. The zero-order valence-corrected chi connectivity index (χ0v) is 33.9. The summed E-state index contributed by atoms with van der Waals surface area (Å²) in [5.41, 5.74) is 14.4. The zero-order chi connectivity index (χ0) is 41.0. The Morgan fingerprint density at radius 1 is 0.274 bits per heavy atom. The van der Waals surface area contributed by atoms with Crippen LogP contribution in [0.15, 0.2) is 241 Å². The first-order valence-corrected chi connectivity index (χ1v) is 21.2. The fourth-order valence-electron chi connectivity index (χ4n) is 9.58. The Labute approximate surface area is 360 Å². The molecule has 0 amide bonds. The lowest BCUT2D eigenvalue weighted by atomic mass is 9.90. The molecule has 2 heteroatoms. The molecule has 1 aromatic heterocycles. The number of anilines is 3. The molecular weight excluding hydrogens is 751 g/mol. The summed E-state index contributed by atoms with van der Waals surface area (Å²) in [7, 11) is 0. The van der Waals surface area contributed by atoms with E-state index in [-0.39, 0.29) is 0 Å². The van der Waals surface area contributed by atoms with Gasteiger partial charge in [0.15, 0.2) is 0 Å². The molecule has 0 aliphatic rings. The molecule has 0 fully saturated rings. The van der Waals surface area contributed by atoms with Gasteiger partial charge in [0, 0.05) is 27.7 Å². The Morgan fingerprint density at radius 2 is 0.855 bits per heavy atom. The van der Waals surface area contributed by atoms with Crippen molar-refractivity contribution in [2.24, 2.45) is 0 Å². The maximum Gasteiger partial charge on any atom is 0.135 e. The van der Waals surface area contributed by atoms with Gasteiger partial charge in [-0.3, -0.25) is 0 Å². The number of fused-ring (bicyclic) bond motifs is 7. The van der Waals surface area contributed by atoms with E-state index in [1.54, 1.807) is 0 Å². The summed E-state index contributed by atoms with van der Waals surface area (Å²) in [6.45, 7) is 0. The minimum Gasteiger partial charge on any atom is -0.456 e. The fraction of sp³-hybridized carbons (Fsp3) is 0. The summed E-state index contributed by atoms with van der Waals surface area (Å²) in [4.78, 5) is 2.44. The molecule has 0 saturated carbocycles. The van der Waals surface area contributed by atoms with Gasteiger partial charge in [0.1, 0.15) is 11.2 Å². The van der Waals surface area contributed by atoms with Crippen molar-refractivity contribution >= 4 is 71.3 Å². The number of furan rings is 1. The fourth-order valence-corrected chi connectivity index (χ4v) is 9.58. The average molecular weight is 790 g/mol. The molecule has 0 spiro atoms. The normalized spacial score (nSPS) is 11.5. The highest BCUT2D eigenvalue weighted by Gasteiger charge is 2.21. The lowest BCUT2D eigenvalue weighted by Crippen LogP contribution is -2.11. The Morgan fingerprint density at radius 3 is 1.73 bits per heavy atom. The van der Waals surface area contributed by atoms with Crippen LogP contribution in [0.5, 0.6) is 0 Å². The van der Waals surface area contributed by atoms with Crippen molar-refractivity contribution in [3.05, 3.63) is 237 Å². The third kappa shape index (κ3) is 6.04. The van der Waals surface area contributed by atoms with Gasteiger partial charge in [-0.25, -0.2) is 0 Å². The summed E-state index contributed by atoms with van der Waals surface area (Å²) in [5.74, 6) is 0. The van der Waals surface area contributed by atoms with E-state index in [0.717, 1.165) is 61.3 Å². The van der Waals surface area contributed by atoms with Crippen LogP contribution in [0.3, 0.4) is 0 Å².